The van der Waals surface area contributed by atoms with Crippen LogP contribution in [-0.4, -0.2) is 11.2 Å². The lowest BCUT2D eigenvalue weighted by atomic mass is 9.88. The molecular formula is C12H11BrFNO2. The largest absolute Gasteiger partial charge is 0.507 e. The first-order valence-electron chi connectivity index (χ1n) is 5.36. The van der Waals surface area contributed by atoms with Crippen molar-refractivity contribution in [3.63, 3.8) is 0 Å². The number of isocyanates is 1. The Hall–Kier alpha value is -1.19. The van der Waals surface area contributed by atoms with E-state index in [4.69, 9.17) is 0 Å². The van der Waals surface area contributed by atoms with E-state index in [1.54, 1.807) is 6.08 Å². The van der Waals surface area contributed by atoms with E-state index < -0.39 is 11.4 Å². The van der Waals surface area contributed by atoms with Crippen molar-refractivity contribution >= 4 is 22.0 Å². The van der Waals surface area contributed by atoms with E-state index >= 15 is 0 Å². The van der Waals surface area contributed by atoms with Crippen molar-refractivity contribution in [2.45, 2.75) is 31.2 Å². The predicted octanol–water partition coefficient (Wildman–Crippen LogP) is 3.40. The van der Waals surface area contributed by atoms with Crippen LogP contribution < -0.4 is 0 Å². The van der Waals surface area contributed by atoms with Crippen LogP contribution in [0.5, 0.6) is 5.75 Å². The second-order valence-electron chi connectivity index (χ2n) is 4.23. The van der Waals surface area contributed by atoms with Gasteiger partial charge >= 0.3 is 0 Å². The Morgan fingerprint density at radius 1 is 1.41 bits per heavy atom. The zero-order chi connectivity index (χ0) is 12.5. The predicted molar refractivity (Wildman–Crippen MR) is 64.0 cm³/mol. The van der Waals surface area contributed by atoms with E-state index in [9.17, 15) is 14.3 Å². The summed E-state index contributed by atoms with van der Waals surface area (Å²) >= 11 is 3.15. The van der Waals surface area contributed by atoms with Crippen LogP contribution in [0.3, 0.4) is 0 Å². The molecule has 17 heavy (non-hydrogen) atoms. The zero-order valence-electron chi connectivity index (χ0n) is 9.04. The summed E-state index contributed by atoms with van der Waals surface area (Å²) in [7, 11) is 0. The monoisotopic (exact) mass is 299 g/mol. The molecule has 0 amide bonds. The minimum absolute atomic E-state index is 0.158. The summed E-state index contributed by atoms with van der Waals surface area (Å²) in [5.74, 6) is -0.693. The van der Waals surface area contributed by atoms with E-state index in [2.05, 4.69) is 20.9 Å². The molecule has 1 fully saturated rings. The topological polar surface area (TPSA) is 49.7 Å². The molecule has 90 valence electrons. The van der Waals surface area contributed by atoms with Crippen LogP contribution in [0.25, 0.3) is 0 Å². The summed E-state index contributed by atoms with van der Waals surface area (Å²) in [5.41, 5.74) is -0.453. The number of phenolic OH excluding ortho intramolecular Hbond substituents is 1. The Kier molecular flexibility index (Phi) is 3.31. The number of halogens is 2. The molecule has 0 saturated heterocycles. The molecule has 3 nitrogen and oxygen atoms in total. The fraction of sp³-hybridized carbons (Fsp3) is 0.417. The second kappa shape index (κ2) is 4.59. The maximum Gasteiger partial charge on any atom is 0.235 e. The fourth-order valence-electron chi connectivity index (χ4n) is 2.38. The number of hydrogen-bond acceptors (Lipinski definition) is 3. The number of rotatable bonds is 2. The van der Waals surface area contributed by atoms with Gasteiger partial charge in [0.2, 0.25) is 6.08 Å². The summed E-state index contributed by atoms with van der Waals surface area (Å²) in [5, 5.41) is 9.39. The molecule has 0 bridgehead atoms. The summed E-state index contributed by atoms with van der Waals surface area (Å²) < 4.78 is 14.3. The first-order chi connectivity index (χ1) is 8.09. The van der Waals surface area contributed by atoms with Gasteiger partial charge in [-0.3, -0.25) is 0 Å². The van der Waals surface area contributed by atoms with Gasteiger partial charge in [0.15, 0.2) is 0 Å². The van der Waals surface area contributed by atoms with Gasteiger partial charge in [-0.05, 0) is 34.8 Å². The van der Waals surface area contributed by atoms with Gasteiger partial charge in [-0.1, -0.05) is 12.8 Å². The lowest BCUT2D eigenvalue weighted by molar-refractivity contribution is 0.422. The highest BCUT2D eigenvalue weighted by Gasteiger charge is 2.38. The molecule has 1 N–H and O–H groups in total. The van der Waals surface area contributed by atoms with Crippen molar-refractivity contribution in [2.24, 2.45) is 4.99 Å². The summed E-state index contributed by atoms with van der Waals surface area (Å²) in [6.07, 6.45) is 4.62. The molecule has 0 unspecified atom stereocenters. The summed E-state index contributed by atoms with van der Waals surface area (Å²) in [6, 6.07) is 2.54. The van der Waals surface area contributed by atoms with Crippen molar-refractivity contribution < 1.29 is 14.3 Å². The first-order valence-corrected chi connectivity index (χ1v) is 6.16. The smallest absolute Gasteiger partial charge is 0.235 e. The van der Waals surface area contributed by atoms with Gasteiger partial charge < -0.3 is 5.11 Å². The number of aromatic hydroxyl groups is 1. The third-order valence-corrected chi connectivity index (χ3v) is 3.86. The molecular weight excluding hydrogens is 289 g/mol. The molecule has 1 saturated carbocycles. The standard InChI is InChI=1S/C12H11BrFNO2/c13-9-5-8(10(14)6-11(9)17)12(15-7-16)3-1-2-4-12/h5-6,17H,1-4H2. The Labute approximate surface area is 106 Å². The number of aliphatic imine (C=N–C) groups is 1. The summed E-state index contributed by atoms with van der Waals surface area (Å²) in [6.45, 7) is 0. The molecule has 0 atom stereocenters. The highest BCUT2D eigenvalue weighted by Crippen LogP contribution is 2.44. The highest BCUT2D eigenvalue weighted by molar-refractivity contribution is 9.10. The van der Waals surface area contributed by atoms with Crippen LogP contribution in [0.15, 0.2) is 21.6 Å². The molecule has 0 heterocycles. The zero-order valence-corrected chi connectivity index (χ0v) is 10.6. The fourth-order valence-corrected chi connectivity index (χ4v) is 2.72. The summed E-state index contributed by atoms with van der Waals surface area (Å²) in [4.78, 5) is 14.3. The Morgan fingerprint density at radius 3 is 2.65 bits per heavy atom. The average molecular weight is 300 g/mol. The molecule has 1 aromatic carbocycles. The van der Waals surface area contributed by atoms with E-state index in [0.29, 0.717) is 22.9 Å². The lowest BCUT2D eigenvalue weighted by Gasteiger charge is -2.23. The minimum atomic E-state index is -0.804. The maximum absolute atomic E-state index is 13.9. The number of phenols is 1. The van der Waals surface area contributed by atoms with Crippen molar-refractivity contribution in [2.75, 3.05) is 0 Å². The van der Waals surface area contributed by atoms with Gasteiger partial charge in [0.1, 0.15) is 17.1 Å². The minimum Gasteiger partial charge on any atom is -0.507 e. The van der Waals surface area contributed by atoms with E-state index in [1.165, 1.54) is 6.07 Å². The molecule has 0 radical (unpaired) electrons. The van der Waals surface area contributed by atoms with E-state index in [1.807, 2.05) is 0 Å². The average Bonchev–Trinajstić information content (AvgIpc) is 2.73. The lowest BCUT2D eigenvalue weighted by Crippen LogP contribution is -2.20. The number of hydrogen-bond donors (Lipinski definition) is 1. The quantitative estimate of drug-likeness (QED) is 0.672. The van der Waals surface area contributed by atoms with Gasteiger partial charge in [-0.25, -0.2) is 9.18 Å². The second-order valence-corrected chi connectivity index (χ2v) is 5.08. The SMILES string of the molecule is O=C=NC1(c2cc(Br)c(O)cc2F)CCCC1. The molecule has 1 aliphatic rings. The Bertz CT molecular complexity index is 492. The van der Waals surface area contributed by atoms with Crippen LogP contribution in [0.2, 0.25) is 0 Å². The maximum atomic E-state index is 13.9. The van der Waals surface area contributed by atoms with Gasteiger partial charge in [-0.15, -0.1) is 0 Å². The molecule has 1 aromatic rings. The van der Waals surface area contributed by atoms with Gasteiger partial charge in [0.25, 0.3) is 0 Å². The van der Waals surface area contributed by atoms with Gasteiger partial charge in [-0.2, -0.15) is 4.99 Å². The van der Waals surface area contributed by atoms with Gasteiger partial charge in [0.05, 0.1) is 4.47 Å². The molecule has 0 spiro atoms. The van der Waals surface area contributed by atoms with Crippen LogP contribution in [-0.2, 0) is 10.3 Å². The normalized spacial score (nSPS) is 17.8. The highest BCUT2D eigenvalue weighted by atomic mass is 79.9. The van der Waals surface area contributed by atoms with Crippen molar-refractivity contribution in [3.8, 4) is 5.75 Å². The van der Waals surface area contributed by atoms with Crippen LogP contribution in [0.1, 0.15) is 31.2 Å². The van der Waals surface area contributed by atoms with Crippen LogP contribution >= 0.6 is 15.9 Å². The number of benzene rings is 1. The van der Waals surface area contributed by atoms with E-state index in [0.717, 1.165) is 18.9 Å². The van der Waals surface area contributed by atoms with Crippen LogP contribution in [0, 0.1) is 5.82 Å². The molecule has 2 rings (SSSR count). The number of carbonyl (C=O) groups excluding carboxylic acids is 1. The molecule has 5 heteroatoms. The molecule has 0 aromatic heterocycles. The molecule has 1 aliphatic carbocycles. The van der Waals surface area contributed by atoms with Crippen molar-refractivity contribution in [3.05, 3.63) is 28.0 Å². The molecule has 0 aliphatic heterocycles. The number of nitrogens with zero attached hydrogens (tertiary/aromatic N) is 1. The first kappa shape index (κ1) is 12.3. The van der Waals surface area contributed by atoms with E-state index in [-0.39, 0.29) is 5.75 Å². The van der Waals surface area contributed by atoms with Gasteiger partial charge in [0, 0.05) is 11.6 Å². The Morgan fingerprint density at radius 2 is 2.06 bits per heavy atom. The third-order valence-electron chi connectivity index (χ3n) is 3.23. The van der Waals surface area contributed by atoms with Crippen LogP contribution in [0.4, 0.5) is 4.39 Å². The van der Waals surface area contributed by atoms with Crippen molar-refractivity contribution in [1.82, 2.24) is 0 Å². The Balaban J connectivity index is 2.57. The van der Waals surface area contributed by atoms with Crippen molar-refractivity contribution in [1.29, 1.82) is 0 Å². The third kappa shape index (κ3) is 2.13.